The van der Waals surface area contributed by atoms with E-state index in [0.29, 0.717) is 13.0 Å². The maximum atomic E-state index is 13.2. The zero-order valence-corrected chi connectivity index (χ0v) is 20.5. The van der Waals surface area contributed by atoms with Gasteiger partial charge in [-0.3, -0.25) is 9.69 Å². The lowest BCUT2D eigenvalue weighted by Gasteiger charge is -2.33. The number of nitrogens with one attached hydrogen (secondary N) is 1. The van der Waals surface area contributed by atoms with Gasteiger partial charge in [0.05, 0.1) is 12.0 Å². The minimum atomic E-state index is -1.76. The number of nitriles is 1. The SMILES string of the molecule is CC(C)(C=C(C#N)C(=O)N1CCC[C@@H]1COC(=O)NC(Cc1ccccc1)B(O)O)N1CCCC1. The number of ether oxygens (including phenoxy) is 1. The number of alkyl carbamates (subject to hydrolysis) is 1. The second kappa shape index (κ2) is 12.2. The van der Waals surface area contributed by atoms with Crippen LogP contribution < -0.4 is 5.32 Å². The fourth-order valence-corrected chi connectivity index (χ4v) is 4.77. The lowest BCUT2D eigenvalue weighted by atomic mass is 9.76. The Bertz CT molecular complexity index is 941. The van der Waals surface area contributed by atoms with Crippen molar-refractivity contribution in [3.8, 4) is 6.07 Å². The van der Waals surface area contributed by atoms with Crippen LogP contribution >= 0.6 is 0 Å². The molecule has 0 aromatic heterocycles. The number of carbonyl (C=O) groups is 2. The predicted molar refractivity (Wildman–Crippen MR) is 132 cm³/mol. The summed E-state index contributed by atoms with van der Waals surface area (Å²) in [7, 11) is -1.76. The molecule has 3 rings (SSSR count). The van der Waals surface area contributed by atoms with Gasteiger partial charge in [-0.2, -0.15) is 5.26 Å². The van der Waals surface area contributed by atoms with Crippen LogP contribution in [0, 0.1) is 11.3 Å². The predicted octanol–water partition coefficient (Wildman–Crippen LogP) is 1.65. The van der Waals surface area contributed by atoms with Gasteiger partial charge >= 0.3 is 13.2 Å². The molecule has 2 fully saturated rings. The van der Waals surface area contributed by atoms with E-state index in [1.165, 1.54) is 0 Å². The summed E-state index contributed by atoms with van der Waals surface area (Å²) in [5.74, 6) is -1.29. The number of nitrogens with zero attached hydrogens (tertiary/aromatic N) is 3. The maximum Gasteiger partial charge on any atom is 0.475 e. The number of rotatable bonds is 9. The number of hydrogen-bond donors (Lipinski definition) is 3. The minimum Gasteiger partial charge on any atom is -0.447 e. The van der Waals surface area contributed by atoms with E-state index in [1.807, 2.05) is 44.2 Å². The van der Waals surface area contributed by atoms with E-state index in [9.17, 15) is 24.9 Å². The fraction of sp³-hybridized carbons (Fsp3) is 0.560. The van der Waals surface area contributed by atoms with Crippen molar-refractivity contribution in [2.75, 3.05) is 26.2 Å². The molecule has 2 amide bonds. The second-order valence-electron chi connectivity index (χ2n) is 9.76. The molecule has 35 heavy (non-hydrogen) atoms. The summed E-state index contributed by atoms with van der Waals surface area (Å²) < 4.78 is 5.34. The van der Waals surface area contributed by atoms with Crippen LogP contribution in [0.15, 0.2) is 42.0 Å². The highest BCUT2D eigenvalue weighted by molar-refractivity contribution is 6.43. The van der Waals surface area contributed by atoms with Crippen molar-refractivity contribution in [3.63, 3.8) is 0 Å². The average Bonchev–Trinajstić information content (AvgIpc) is 3.54. The quantitative estimate of drug-likeness (QED) is 0.278. The van der Waals surface area contributed by atoms with Crippen LogP contribution in [-0.4, -0.2) is 82.7 Å². The largest absolute Gasteiger partial charge is 0.475 e. The first kappa shape index (κ1) is 26.7. The van der Waals surface area contributed by atoms with Crippen molar-refractivity contribution in [1.29, 1.82) is 5.26 Å². The van der Waals surface area contributed by atoms with Crippen molar-refractivity contribution in [3.05, 3.63) is 47.5 Å². The van der Waals surface area contributed by atoms with Crippen LogP contribution in [-0.2, 0) is 16.0 Å². The molecule has 2 aliphatic rings. The smallest absolute Gasteiger partial charge is 0.447 e. The van der Waals surface area contributed by atoms with Gasteiger partial charge in [0.1, 0.15) is 18.2 Å². The van der Waals surface area contributed by atoms with Crippen LogP contribution in [0.25, 0.3) is 0 Å². The standard InChI is InChI=1S/C25H35BN4O5/c1-25(2,29-12-6-7-13-29)16-20(17-27)23(31)30-14-8-11-21(30)18-35-24(32)28-22(26(33)34)15-19-9-4-3-5-10-19/h3-5,9-10,16,21-22,33-34H,6-8,11-15,18H2,1-2H3,(H,28,32)/t21-,22?/m1/s1. The van der Waals surface area contributed by atoms with E-state index < -0.39 is 24.7 Å². The molecule has 2 saturated heterocycles. The topological polar surface area (TPSA) is 126 Å². The van der Waals surface area contributed by atoms with Gasteiger partial charge in [-0.25, -0.2) is 4.79 Å². The summed E-state index contributed by atoms with van der Waals surface area (Å²) in [6, 6.07) is 10.9. The monoisotopic (exact) mass is 482 g/mol. The normalized spacial score (nSPS) is 19.8. The highest BCUT2D eigenvalue weighted by Crippen LogP contribution is 2.26. The Labute approximate surface area is 207 Å². The Morgan fingerprint density at radius 3 is 2.54 bits per heavy atom. The van der Waals surface area contributed by atoms with Crippen LogP contribution in [0.3, 0.4) is 0 Å². The van der Waals surface area contributed by atoms with Gasteiger partial charge in [0.2, 0.25) is 0 Å². The first-order valence-corrected chi connectivity index (χ1v) is 12.2. The summed E-state index contributed by atoms with van der Waals surface area (Å²) in [6.45, 7) is 6.37. The Morgan fingerprint density at radius 1 is 1.23 bits per heavy atom. The minimum absolute atomic E-state index is 0.0363. The summed E-state index contributed by atoms with van der Waals surface area (Å²) in [4.78, 5) is 29.4. The van der Waals surface area contributed by atoms with Crippen LogP contribution in [0.5, 0.6) is 0 Å². The van der Waals surface area contributed by atoms with Gasteiger partial charge in [0, 0.05) is 12.1 Å². The highest BCUT2D eigenvalue weighted by Gasteiger charge is 2.35. The summed E-state index contributed by atoms with van der Waals surface area (Å²) >= 11 is 0. The molecule has 2 aliphatic heterocycles. The zero-order valence-electron chi connectivity index (χ0n) is 20.5. The number of hydrogen-bond acceptors (Lipinski definition) is 7. The van der Waals surface area contributed by atoms with Gasteiger partial charge in [0.15, 0.2) is 0 Å². The molecule has 0 spiro atoms. The van der Waals surface area contributed by atoms with Crippen LogP contribution in [0.2, 0.25) is 0 Å². The molecule has 9 nitrogen and oxygen atoms in total. The molecule has 0 aliphatic carbocycles. The van der Waals surface area contributed by atoms with E-state index in [4.69, 9.17) is 4.74 Å². The molecule has 2 heterocycles. The lowest BCUT2D eigenvalue weighted by Crippen LogP contribution is -2.49. The Hall–Kier alpha value is -2.87. The van der Waals surface area contributed by atoms with Gasteiger partial charge in [-0.15, -0.1) is 0 Å². The van der Waals surface area contributed by atoms with E-state index in [0.717, 1.165) is 37.9 Å². The highest BCUT2D eigenvalue weighted by atomic mass is 16.5. The molecule has 1 aromatic carbocycles. The molecule has 3 N–H and O–H groups in total. The van der Waals surface area contributed by atoms with Gasteiger partial charge in [-0.1, -0.05) is 30.3 Å². The average molecular weight is 482 g/mol. The maximum absolute atomic E-state index is 13.2. The van der Waals surface area contributed by atoms with E-state index in [2.05, 4.69) is 16.3 Å². The second-order valence-corrected chi connectivity index (χ2v) is 9.76. The third-order valence-corrected chi connectivity index (χ3v) is 6.78. The molecular weight excluding hydrogens is 447 g/mol. The zero-order chi connectivity index (χ0) is 25.4. The molecule has 10 heteroatoms. The van der Waals surface area contributed by atoms with E-state index in [-0.39, 0.29) is 30.5 Å². The molecule has 0 bridgehead atoms. The molecule has 0 radical (unpaired) electrons. The van der Waals surface area contributed by atoms with Crippen LogP contribution in [0.4, 0.5) is 4.79 Å². The fourth-order valence-electron chi connectivity index (χ4n) is 4.77. The Kier molecular flexibility index (Phi) is 9.32. The van der Waals surface area contributed by atoms with Crippen LogP contribution in [0.1, 0.15) is 45.1 Å². The number of likely N-dealkylation sites (tertiary alicyclic amines) is 2. The summed E-state index contributed by atoms with van der Waals surface area (Å²) in [5.41, 5.74) is 0.539. The first-order valence-electron chi connectivity index (χ1n) is 12.2. The molecule has 0 saturated carbocycles. The van der Waals surface area contributed by atoms with Crippen molar-refractivity contribution in [2.45, 2.75) is 63.5 Å². The molecule has 1 unspecified atom stereocenters. The van der Waals surface area contributed by atoms with Gasteiger partial charge < -0.3 is 25.0 Å². The molecule has 2 atom stereocenters. The summed E-state index contributed by atoms with van der Waals surface area (Å²) in [6.07, 6.45) is 4.82. The van der Waals surface area contributed by atoms with Gasteiger partial charge in [0.25, 0.3) is 5.91 Å². The third-order valence-electron chi connectivity index (χ3n) is 6.78. The Balaban J connectivity index is 1.58. The number of amides is 2. The Morgan fingerprint density at radius 2 is 1.91 bits per heavy atom. The first-order chi connectivity index (χ1) is 16.7. The van der Waals surface area contributed by atoms with Gasteiger partial charge in [-0.05, 0) is 70.7 Å². The van der Waals surface area contributed by atoms with Crippen molar-refractivity contribution < 1.29 is 24.4 Å². The summed E-state index contributed by atoms with van der Waals surface area (Å²) in [5, 5.41) is 31.5. The third kappa shape index (κ3) is 7.31. The van der Waals surface area contributed by atoms with E-state index in [1.54, 1.807) is 11.0 Å². The van der Waals surface area contributed by atoms with Crippen molar-refractivity contribution in [2.24, 2.45) is 0 Å². The molecule has 188 valence electrons. The van der Waals surface area contributed by atoms with Crippen molar-refractivity contribution in [1.82, 2.24) is 15.1 Å². The molecule has 1 aromatic rings. The number of benzene rings is 1. The lowest BCUT2D eigenvalue weighted by molar-refractivity contribution is -0.128. The number of carbonyl (C=O) groups excluding carboxylic acids is 2. The van der Waals surface area contributed by atoms with Crippen molar-refractivity contribution >= 4 is 19.1 Å². The van der Waals surface area contributed by atoms with E-state index >= 15 is 0 Å². The molecular formula is C25H35BN4O5.